The smallest absolute Gasteiger partial charge is 0.225 e. The van der Waals surface area contributed by atoms with Gasteiger partial charge in [-0.3, -0.25) is 4.90 Å². The predicted octanol–water partition coefficient (Wildman–Crippen LogP) is 3.58. The normalized spacial score (nSPS) is 21.1. The quantitative estimate of drug-likeness (QED) is 0.740. The molecule has 0 saturated carbocycles. The van der Waals surface area contributed by atoms with E-state index in [0.717, 1.165) is 62.6 Å². The monoisotopic (exact) mass is 388 g/mol. The summed E-state index contributed by atoms with van der Waals surface area (Å²) in [6.07, 6.45) is 5.27. The van der Waals surface area contributed by atoms with Crippen molar-refractivity contribution in [2.45, 2.75) is 25.3 Å². The van der Waals surface area contributed by atoms with Gasteiger partial charge >= 0.3 is 0 Å². The van der Waals surface area contributed by atoms with Gasteiger partial charge in [-0.15, -0.1) is 0 Å². The lowest BCUT2D eigenvalue weighted by Crippen LogP contribution is -2.43. The van der Waals surface area contributed by atoms with Crippen LogP contribution in [0.4, 0.5) is 5.95 Å². The number of benzene rings is 2. The molecule has 2 aliphatic rings. The fraction of sp³-hybridized carbons (Fsp3) is 0.417. The van der Waals surface area contributed by atoms with Crippen LogP contribution in [0.1, 0.15) is 19.3 Å². The van der Waals surface area contributed by atoms with Gasteiger partial charge in [0.2, 0.25) is 5.95 Å². The Bertz CT molecular complexity index is 983. The summed E-state index contributed by atoms with van der Waals surface area (Å²) in [5.41, 5.74) is 2.11. The van der Waals surface area contributed by atoms with Crippen LogP contribution < -0.4 is 4.90 Å². The second kappa shape index (κ2) is 8.09. The largest absolute Gasteiger partial charge is 0.396 e. The van der Waals surface area contributed by atoms with E-state index in [1.54, 1.807) is 0 Å². The maximum absolute atomic E-state index is 9.37. The molecular formula is C24H28N4O. The highest BCUT2D eigenvalue weighted by Crippen LogP contribution is 2.27. The number of anilines is 1. The second-order valence-corrected chi connectivity index (χ2v) is 8.35. The summed E-state index contributed by atoms with van der Waals surface area (Å²) in [5, 5.41) is 11.9. The Morgan fingerprint density at radius 1 is 0.931 bits per heavy atom. The number of fused-ring (bicyclic) bond motifs is 1. The number of hydrogen-bond donors (Lipinski definition) is 1. The fourth-order valence-corrected chi connectivity index (χ4v) is 4.73. The van der Waals surface area contributed by atoms with Gasteiger partial charge in [0.25, 0.3) is 0 Å². The molecular weight excluding hydrogens is 360 g/mol. The van der Waals surface area contributed by atoms with Crippen LogP contribution in [0, 0.1) is 5.92 Å². The van der Waals surface area contributed by atoms with Crippen LogP contribution in [0.15, 0.2) is 54.7 Å². The molecule has 2 saturated heterocycles. The Labute approximate surface area is 172 Å². The number of likely N-dealkylation sites (tertiary alicyclic amines) is 1. The zero-order valence-electron chi connectivity index (χ0n) is 16.7. The third kappa shape index (κ3) is 3.85. The molecule has 0 amide bonds. The average molecular weight is 389 g/mol. The molecule has 150 valence electrons. The highest BCUT2D eigenvalue weighted by Gasteiger charge is 2.31. The third-order valence-corrected chi connectivity index (χ3v) is 6.56. The van der Waals surface area contributed by atoms with Crippen molar-refractivity contribution in [3.05, 3.63) is 54.7 Å². The first-order valence-electron chi connectivity index (χ1n) is 10.7. The van der Waals surface area contributed by atoms with E-state index < -0.39 is 0 Å². The summed E-state index contributed by atoms with van der Waals surface area (Å²) in [4.78, 5) is 14.4. The van der Waals surface area contributed by atoms with E-state index >= 15 is 0 Å². The Hall–Kier alpha value is -2.50. The van der Waals surface area contributed by atoms with Crippen molar-refractivity contribution in [3.8, 4) is 11.3 Å². The Balaban J connectivity index is 1.31. The lowest BCUT2D eigenvalue weighted by molar-refractivity contribution is 0.107. The topological polar surface area (TPSA) is 52.5 Å². The van der Waals surface area contributed by atoms with Gasteiger partial charge in [0, 0.05) is 37.5 Å². The molecule has 0 aliphatic carbocycles. The number of piperidine rings is 1. The Morgan fingerprint density at radius 2 is 1.76 bits per heavy atom. The highest BCUT2D eigenvalue weighted by atomic mass is 16.3. The van der Waals surface area contributed by atoms with E-state index in [4.69, 9.17) is 4.98 Å². The van der Waals surface area contributed by atoms with E-state index in [-0.39, 0.29) is 0 Å². The highest BCUT2D eigenvalue weighted by molar-refractivity contribution is 5.86. The van der Waals surface area contributed by atoms with Gasteiger partial charge in [0.05, 0.1) is 5.69 Å². The van der Waals surface area contributed by atoms with E-state index in [1.165, 1.54) is 10.8 Å². The van der Waals surface area contributed by atoms with E-state index in [1.807, 2.05) is 12.3 Å². The lowest BCUT2D eigenvalue weighted by atomic mass is 9.96. The van der Waals surface area contributed by atoms with Crippen molar-refractivity contribution in [2.24, 2.45) is 5.92 Å². The molecule has 1 aromatic heterocycles. The number of hydrogen-bond acceptors (Lipinski definition) is 5. The lowest BCUT2D eigenvalue weighted by Gasteiger charge is -2.35. The fourth-order valence-electron chi connectivity index (χ4n) is 4.73. The number of aromatic nitrogens is 2. The maximum Gasteiger partial charge on any atom is 0.225 e. The second-order valence-electron chi connectivity index (χ2n) is 8.35. The van der Waals surface area contributed by atoms with Crippen molar-refractivity contribution >= 4 is 16.7 Å². The molecule has 0 spiro atoms. The van der Waals surface area contributed by atoms with Crippen LogP contribution in [0.2, 0.25) is 0 Å². The van der Waals surface area contributed by atoms with Gasteiger partial charge in [0.1, 0.15) is 0 Å². The Kier molecular flexibility index (Phi) is 5.17. The number of aliphatic hydroxyl groups excluding tert-OH is 1. The van der Waals surface area contributed by atoms with Gasteiger partial charge < -0.3 is 10.0 Å². The van der Waals surface area contributed by atoms with Crippen molar-refractivity contribution in [1.29, 1.82) is 0 Å². The molecule has 5 rings (SSSR count). The maximum atomic E-state index is 9.37. The van der Waals surface area contributed by atoms with Gasteiger partial charge in [-0.2, -0.15) is 0 Å². The molecule has 1 atom stereocenters. The van der Waals surface area contributed by atoms with Gasteiger partial charge in [-0.25, -0.2) is 9.97 Å². The summed E-state index contributed by atoms with van der Waals surface area (Å²) in [5.74, 6) is 1.33. The molecule has 5 heteroatoms. The first-order chi connectivity index (χ1) is 14.3. The van der Waals surface area contributed by atoms with Crippen molar-refractivity contribution in [3.63, 3.8) is 0 Å². The number of nitrogens with zero attached hydrogens (tertiary/aromatic N) is 4. The van der Waals surface area contributed by atoms with Gasteiger partial charge in [0.15, 0.2) is 0 Å². The van der Waals surface area contributed by atoms with Crippen LogP contribution in [0.5, 0.6) is 0 Å². The Morgan fingerprint density at radius 3 is 2.59 bits per heavy atom. The average Bonchev–Trinajstić information content (AvgIpc) is 3.29. The molecule has 5 nitrogen and oxygen atoms in total. The van der Waals surface area contributed by atoms with Crippen LogP contribution >= 0.6 is 0 Å². The van der Waals surface area contributed by atoms with Crippen LogP contribution in [0.25, 0.3) is 22.0 Å². The zero-order valence-corrected chi connectivity index (χ0v) is 16.7. The molecule has 2 fully saturated rings. The van der Waals surface area contributed by atoms with Crippen molar-refractivity contribution in [1.82, 2.24) is 14.9 Å². The molecule has 0 unspecified atom stereocenters. The number of aliphatic hydroxyl groups is 1. The molecule has 3 aromatic rings. The zero-order chi connectivity index (χ0) is 19.6. The molecule has 2 aliphatic heterocycles. The molecule has 2 aromatic carbocycles. The predicted molar refractivity (Wildman–Crippen MR) is 117 cm³/mol. The van der Waals surface area contributed by atoms with E-state index in [0.29, 0.717) is 18.6 Å². The standard InChI is InChI=1S/C24H28N4O/c29-17-18-8-12-27(13-9-18)22-10-14-28(16-22)24-25-11-7-23(26-24)21-6-5-19-3-1-2-4-20(19)15-21/h1-7,11,15,18,22,29H,8-10,12-14,16-17H2/t22-/m1/s1. The third-order valence-electron chi connectivity index (χ3n) is 6.56. The minimum Gasteiger partial charge on any atom is -0.396 e. The van der Waals surface area contributed by atoms with E-state index in [9.17, 15) is 5.11 Å². The van der Waals surface area contributed by atoms with Crippen LogP contribution in [-0.2, 0) is 0 Å². The van der Waals surface area contributed by atoms with Crippen molar-refractivity contribution < 1.29 is 5.11 Å². The summed E-state index contributed by atoms with van der Waals surface area (Å²) in [6, 6.07) is 17.5. The molecule has 3 heterocycles. The molecule has 1 N–H and O–H groups in total. The number of rotatable bonds is 4. The van der Waals surface area contributed by atoms with Crippen molar-refractivity contribution in [2.75, 3.05) is 37.7 Å². The van der Waals surface area contributed by atoms with Gasteiger partial charge in [-0.1, -0.05) is 36.4 Å². The van der Waals surface area contributed by atoms with Crippen LogP contribution in [-0.4, -0.2) is 58.8 Å². The first kappa shape index (κ1) is 18.5. The minimum absolute atomic E-state index is 0.333. The molecule has 0 bridgehead atoms. The summed E-state index contributed by atoms with van der Waals surface area (Å²) >= 11 is 0. The summed E-state index contributed by atoms with van der Waals surface area (Å²) in [7, 11) is 0. The molecule has 0 radical (unpaired) electrons. The first-order valence-corrected chi connectivity index (χ1v) is 10.7. The molecule has 29 heavy (non-hydrogen) atoms. The minimum atomic E-state index is 0.333. The van der Waals surface area contributed by atoms with Gasteiger partial charge in [-0.05, 0) is 61.2 Å². The van der Waals surface area contributed by atoms with E-state index in [2.05, 4.69) is 57.2 Å². The summed E-state index contributed by atoms with van der Waals surface area (Å²) in [6.45, 7) is 4.53. The summed E-state index contributed by atoms with van der Waals surface area (Å²) < 4.78 is 0. The van der Waals surface area contributed by atoms with Crippen LogP contribution in [0.3, 0.4) is 0 Å². The SMILES string of the molecule is OCC1CCN([C@@H]2CCN(c3nccc(-c4ccc5ccccc5c4)n3)C2)CC1.